The molecule has 1 atom stereocenters. The number of aromatic nitrogens is 1. The summed E-state index contributed by atoms with van der Waals surface area (Å²) in [6.45, 7) is 1.85. The summed E-state index contributed by atoms with van der Waals surface area (Å²) in [6.07, 6.45) is 10.1. The fourth-order valence-electron chi connectivity index (χ4n) is 4.57. The number of ether oxygens (including phenoxy) is 2. The van der Waals surface area contributed by atoms with Crippen LogP contribution in [0.4, 0.5) is 0 Å². The van der Waals surface area contributed by atoms with E-state index in [9.17, 15) is 4.79 Å². The van der Waals surface area contributed by atoms with E-state index in [-0.39, 0.29) is 18.6 Å². The number of nitrogens with zero attached hydrogens (tertiary/aromatic N) is 2. The Morgan fingerprint density at radius 1 is 1.19 bits per heavy atom. The molecule has 1 unspecified atom stereocenters. The van der Waals surface area contributed by atoms with E-state index in [0.29, 0.717) is 18.8 Å². The standard InChI is InChI=1S/C25H28N2O4/c28-25(27(16-20-6-4-12-29-20)15-18-5-3-11-26-14-18)17-30-19-9-10-24-22(13-19)21-7-1-2-8-23(21)31-24/h3,5,9-11,13-14,20H,1-2,4,6-8,12,15-17H2. The smallest absolute Gasteiger partial charge is 0.260 e. The fraction of sp³-hybridized carbons (Fsp3) is 0.440. The summed E-state index contributed by atoms with van der Waals surface area (Å²) in [4.78, 5) is 19.1. The van der Waals surface area contributed by atoms with Crippen LogP contribution in [0.2, 0.25) is 0 Å². The van der Waals surface area contributed by atoms with Crippen molar-refractivity contribution in [2.24, 2.45) is 0 Å². The van der Waals surface area contributed by atoms with Gasteiger partial charge in [-0.1, -0.05) is 6.07 Å². The van der Waals surface area contributed by atoms with E-state index in [2.05, 4.69) is 4.98 Å². The summed E-state index contributed by atoms with van der Waals surface area (Å²) < 4.78 is 17.7. The predicted octanol–water partition coefficient (Wildman–Crippen LogP) is 4.29. The first kappa shape index (κ1) is 20.1. The van der Waals surface area contributed by atoms with Crippen LogP contribution in [-0.2, 0) is 28.9 Å². The van der Waals surface area contributed by atoms with Crippen molar-refractivity contribution in [3.05, 3.63) is 59.6 Å². The van der Waals surface area contributed by atoms with Crippen molar-refractivity contribution in [2.45, 2.75) is 51.2 Å². The minimum absolute atomic E-state index is 0.00146. The lowest BCUT2D eigenvalue weighted by Gasteiger charge is -2.25. The highest BCUT2D eigenvalue weighted by molar-refractivity contribution is 5.84. The van der Waals surface area contributed by atoms with E-state index in [1.807, 2.05) is 35.2 Å². The van der Waals surface area contributed by atoms with E-state index in [1.54, 1.807) is 12.4 Å². The summed E-state index contributed by atoms with van der Waals surface area (Å²) in [5.74, 6) is 1.76. The molecule has 162 valence electrons. The van der Waals surface area contributed by atoms with Crippen molar-refractivity contribution in [2.75, 3.05) is 19.8 Å². The summed E-state index contributed by atoms with van der Waals surface area (Å²) in [6, 6.07) is 9.73. The molecule has 0 bridgehead atoms. The van der Waals surface area contributed by atoms with E-state index in [1.165, 1.54) is 18.4 Å². The van der Waals surface area contributed by atoms with E-state index < -0.39 is 0 Å². The van der Waals surface area contributed by atoms with Crippen LogP contribution >= 0.6 is 0 Å². The zero-order chi connectivity index (χ0) is 21.0. The van der Waals surface area contributed by atoms with Gasteiger partial charge in [-0.05, 0) is 61.9 Å². The largest absolute Gasteiger partial charge is 0.484 e. The Morgan fingerprint density at radius 3 is 2.97 bits per heavy atom. The van der Waals surface area contributed by atoms with Gasteiger partial charge in [-0.2, -0.15) is 0 Å². The minimum atomic E-state index is -0.0475. The van der Waals surface area contributed by atoms with Gasteiger partial charge in [0.05, 0.1) is 6.10 Å². The molecule has 5 rings (SSSR count). The fourth-order valence-corrected chi connectivity index (χ4v) is 4.57. The number of carbonyl (C=O) groups is 1. The number of benzene rings is 1. The van der Waals surface area contributed by atoms with E-state index in [0.717, 1.165) is 54.6 Å². The molecule has 1 saturated heterocycles. The lowest BCUT2D eigenvalue weighted by atomic mass is 9.96. The molecule has 1 aliphatic carbocycles. The van der Waals surface area contributed by atoms with Crippen molar-refractivity contribution in [1.29, 1.82) is 0 Å². The van der Waals surface area contributed by atoms with Gasteiger partial charge < -0.3 is 18.8 Å². The van der Waals surface area contributed by atoms with Crippen molar-refractivity contribution >= 4 is 16.9 Å². The molecule has 3 heterocycles. The van der Waals surface area contributed by atoms with Crippen molar-refractivity contribution in [3.8, 4) is 5.75 Å². The molecular formula is C25H28N2O4. The Bertz CT molecular complexity index is 1040. The third kappa shape index (κ3) is 4.59. The third-order valence-corrected chi connectivity index (χ3v) is 6.19. The Kier molecular flexibility index (Phi) is 5.89. The van der Waals surface area contributed by atoms with Gasteiger partial charge >= 0.3 is 0 Å². The van der Waals surface area contributed by atoms with Crippen LogP contribution in [0, 0.1) is 0 Å². The number of rotatable bonds is 7. The molecule has 6 nitrogen and oxygen atoms in total. The average Bonchev–Trinajstić information content (AvgIpc) is 3.45. The van der Waals surface area contributed by atoms with E-state index in [4.69, 9.17) is 13.9 Å². The number of fused-ring (bicyclic) bond motifs is 3. The Hall–Kier alpha value is -2.86. The SMILES string of the molecule is O=C(COc1ccc2oc3c(c2c1)CCCC3)N(Cc1cccnc1)CC1CCCO1. The van der Waals surface area contributed by atoms with Crippen LogP contribution in [0.5, 0.6) is 5.75 Å². The minimum Gasteiger partial charge on any atom is -0.484 e. The third-order valence-electron chi connectivity index (χ3n) is 6.19. The molecular weight excluding hydrogens is 392 g/mol. The van der Waals surface area contributed by atoms with Crippen LogP contribution in [0.15, 0.2) is 47.1 Å². The molecule has 0 spiro atoms. The molecule has 31 heavy (non-hydrogen) atoms. The molecule has 0 radical (unpaired) electrons. The number of aryl methyl sites for hydroxylation is 2. The van der Waals surface area contributed by atoms with Gasteiger partial charge in [-0.15, -0.1) is 0 Å². The summed E-state index contributed by atoms with van der Waals surface area (Å²) >= 11 is 0. The normalized spacial score (nSPS) is 18.1. The molecule has 1 aromatic carbocycles. The Labute approximate surface area is 182 Å². The first-order chi connectivity index (χ1) is 15.3. The van der Waals surface area contributed by atoms with Gasteiger partial charge in [0, 0.05) is 49.5 Å². The average molecular weight is 421 g/mol. The predicted molar refractivity (Wildman–Crippen MR) is 117 cm³/mol. The van der Waals surface area contributed by atoms with Gasteiger partial charge in [0.2, 0.25) is 0 Å². The van der Waals surface area contributed by atoms with Crippen LogP contribution in [0.1, 0.15) is 42.6 Å². The van der Waals surface area contributed by atoms with Crippen LogP contribution in [0.25, 0.3) is 11.0 Å². The van der Waals surface area contributed by atoms with E-state index >= 15 is 0 Å². The molecule has 1 fully saturated rings. The molecule has 1 amide bonds. The second-order valence-corrected chi connectivity index (χ2v) is 8.43. The highest BCUT2D eigenvalue weighted by Gasteiger charge is 2.24. The maximum absolute atomic E-state index is 13.1. The van der Waals surface area contributed by atoms with Gasteiger partial charge in [0.15, 0.2) is 6.61 Å². The Morgan fingerprint density at radius 2 is 2.13 bits per heavy atom. The molecule has 0 N–H and O–H groups in total. The van der Waals surface area contributed by atoms with Crippen molar-refractivity contribution in [3.63, 3.8) is 0 Å². The van der Waals surface area contributed by atoms with Crippen LogP contribution < -0.4 is 4.74 Å². The van der Waals surface area contributed by atoms with Crippen molar-refractivity contribution in [1.82, 2.24) is 9.88 Å². The second kappa shape index (κ2) is 9.10. The molecule has 6 heteroatoms. The number of hydrogen-bond donors (Lipinski definition) is 0. The molecule has 1 aliphatic heterocycles. The number of pyridine rings is 1. The van der Waals surface area contributed by atoms with Gasteiger partial charge in [0.1, 0.15) is 17.1 Å². The van der Waals surface area contributed by atoms with Crippen LogP contribution in [0.3, 0.4) is 0 Å². The van der Waals surface area contributed by atoms with Crippen LogP contribution in [-0.4, -0.2) is 41.7 Å². The first-order valence-electron chi connectivity index (χ1n) is 11.2. The molecule has 2 aromatic heterocycles. The second-order valence-electron chi connectivity index (χ2n) is 8.43. The molecule has 2 aliphatic rings. The topological polar surface area (TPSA) is 64.8 Å². The maximum atomic E-state index is 13.1. The number of amides is 1. The molecule has 3 aromatic rings. The first-order valence-corrected chi connectivity index (χ1v) is 11.2. The monoisotopic (exact) mass is 420 g/mol. The number of furan rings is 1. The van der Waals surface area contributed by atoms with Gasteiger partial charge in [-0.25, -0.2) is 0 Å². The summed E-state index contributed by atoms with van der Waals surface area (Å²) in [5, 5.41) is 1.12. The van der Waals surface area contributed by atoms with Gasteiger partial charge in [0.25, 0.3) is 5.91 Å². The summed E-state index contributed by atoms with van der Waals surface area (Å²) in [5.41, 5.74) is 3.21. The highest BCUT2D eigenvalue weighted by atomic mass is 16.5. The number of carbonyl (C=O) groups excluding carboxylic acids is 1. The zero-order valence-electron chi connectivity index (χ0n) is 17.7. The quantitative estimate of drug-likeness (QED) is 0.570. The number of hydrogen-bond acceptors (Lipinski definition) is 5. The Balaban J connectivity index is 1.28. The van der Waals surface area contributed by atoms with Crippen molar-refractivity contribution < 1.29 is 18.7 Å². The maximum Gasteiger partial charge on any atom is 0.260 e. The zero-order valence-corrected chi connectivity index (χ0v) is 17.7. The lowest BCUT2D eigenvalue weighted by Crippen LogP contribution is -2.39. The lowest BCUT2D eigenvalue weighted by molar-refractivity contribution is -0.135. The molecule has 0 saturated carbocycles. The van der Waals surface area contributed by atoms with Gasteiger partial charge in [-0.3, -0.25) is 9.78 Å². The summed E-state index contributed by atoms with van der Waals surface area (Å²) in [7, 11) is 0. The highest BCUT2D eigenvalue weighted by Crippen LogP contribution is 2.34.